The molecule has 0 aliphatic heterocycles. The minimum absolute atomic E-state index is 0.0982. The Morgan fingerprint density at radius 1 is 1.28 bits per heavy atom. The average Bonchev–Trinajstić information content (AvgIpc) is 2.26. The first-order valence-corrected chi connectivity index (χ1v) is 6.55. The number of carbonyl (C=O) groups excluding carboxylic acids is 1. The Balaban J connectivity index is 4.40. The molecule has 106 valence electrons. The van der Waals surface area contributed by atoms with Crippen LogP contribution in [0.5, 0.6) is 0 Å². The molecule has 0 aromatic rings. The van der Waals surface area contributed by atoms with E-state index in [9.17, 15) is 9.59 Å². The second-order valence-corrected chi connectivity index (χ2v) is 5.22. The van der Waals surface area contributed by atoms with Gasteiger partial charge in [-0.2, -0.15) is 0 Å². The standard InChI is InChI=1S/C13H26N2O3/c1-6-7-11(12(16)17)14-13(18)15(5)10(4)8-9(2)3/h9-11H,6-8H2,1-5H3,(H,14,18)(H,16,17). The van der Waals surface area contributed by atoms with E-state index in [-0.39, 0.29) is 12.1 Å². The highest BCUT2D eigenvalue weighted by Gasteiger charge is 2.23. The number of hydrogen-bond donors (Lipinski definition) is 2. The molecule has 0 fully saturated rings. The highest BCUT2D eigenvalue weighted by molar-refractivity contribution is 5.82. The predicted octanol–water partition coefficient (Wildman–Crippen LogP) is 2.32. The summed E-state index contributed by atoms with van der Waals surface area (Å²) in [5, 5.41) is 11.5. The fourth-order valence-electron chi connectivity index (χ4n) is 1.84. The second kappa shape index (κ2) is 7.95. The fraction of sp³-hybridized carbons (Fsp3) is 0.846. The predicted molar refractivity (Wildman–Crippen MR) is 71.5 cm³/mol. The van der Waals surface area contributed by atoms with Gasteiger partial charge in [0.15, 0.2) is 0 Å². The van der Waals surface area contributed by atoms with Crippen molar-refractivity contribution in [1.29, 1.82) is 0 Å². The summed E-state index contributed by atoms with van der Waals surface area (Å²) >= 11 is 0. The number of hydrogen-bond acceptors (Lipinski definition) is 2. The lowest BCUT2D eigenvalue weighted by molar-refractivity contribution is -0.139. The number of amides is 2. The first kappa shape index (κ1) is 16.7. The monoisotopic (exact) mass is 258 g/mol. The highest BCUT2D eigenvalue weighted by Crippen LogP contribution is 2.10. The van der Waals surface area contributed by atoms with Crippen LogP contribution >= 0.6 is 0 Å². The zero-order chi connectivity index (χ0) is 14.3. The van der Waals surface area contributed by atoms with Gasteiger partial charge in [-0.3, -0.25) is 0 Å². The van der Waals surface area contributed by atoms with Crippen molar-refractivity contribution in [2.24, 2.45) is 5.92 Å². The average molecular weight is 258 g/mol. The molecule has 2 atom stereocenters. The highest BCUT2D eigenvalue weighted by atomic mass is 16.4. The molecule has 0 aliphatic carbocycles. The van der Waals surface area contributed by atoms with Gasteiger partial charge in [0.25, 0.3) is 0 Å². The third-order valence-electron chi connectivity index (χ3n) is 2.97. The molecule has 0 bridgehead atoms. The minimum Gasteiger partial charge on any atom is -0.480 e. The largest absolute Gasteiger partial charge is 0.480 e. The van der Waals surface area contributed by atoms with E-state index in [1.165, 1.54) is 0 Å². The Morgan fingerprint density at radius 3 is 2.22 bits per heavy atom. The molecular formula is C13H26N2O3. The number of urea groups is 1. The number of nitrogens with zero attached hydrogens (tertiary/aromatic N) is 1. The van der Waals surface area contributed by atoms with Crippen LogP contribution < -0.4 is 5.32 Å². The number of carboxylic acid groups (broad SMARTS) is 1. The van der Waals surface area contributed by atoms with Gasteiger partial charge in [0, 0.05) is 13.1 Å². The summed E-state index contributed by atoms with van der Waals surface area (Å²) in [6.45, 7) is 8.06. The maximum absolute atomic E-state index is 11.9. The minimum atomic E-state index is -0.977. The van der Waals surface area contributed by atoms with E-state index in [2.05, 4.69) is 19.2 Å². The number of rotatable bonds is 7. The van der Waals surface area contributed by atoms with Crippen LogP contribution in [-0.4, -0.2) is 41.1 Å². The third kappa shape index (κ3) is 5.89. The Kier molecular flexibility index (Phi) is 7.39. The maximum Gasteiger partial charge on any atom is 0.326 e. The number of aliphatic carboxylic acids is 1. The molecule has 2 unspecified atom stereocenters. The summed E-state index contributed by atoms with van der Waals surface area (Å²) in [6.07, 6.45) is 2.07. The van der Waals surface area contributed by atoms with Crippen molar-refractivity contribution in [3.63, 3.8) is 0 Å². The van der Waals surface area contributed by atoms with E-state index in [1.54, 1.807) is 11.9 Å². The van der Waals surface area contributed by atoms with Crippen molar-refractivity contribution < 1.29 is 14.7 Å². The van der Waals surface area contributed by atoms with E-state index in [0.29, 0.717) is 12.3 Å². The molecule has 5 heteroatoms. The van der Waals surface area contributed by atoms with Crippen LogP contribution in [-0.2, 0) is 4.79 Å². The van der Waals surface area contributed by atoms with Crippen molar-refractivity contribution >= 4 is 12.0 Å². The van der Waals surface area contributed by atoms with Gasteiger partial charge < -0.3 is 15.3 Å². The Labute approximate surface area is 110 Å². The van der Waals surface area contributed by atoms with Crippen molar-refractivity contribution in [2.75, 3.05) is 7.05 Å². The van der Waals surface area contributed by atoms with Gasteiger partial charge >= 0.3 is 12.0 Å². The van der Waals surface area contributed by atoms with Crippen LogP contribution in [0.4, 0.5) is 4.79 Å². The zero-order valence-corrected chi connectivity index (χ0v) is 12.1. The van der Waals surface area contributed by atoms with Gasteiger partial charge in [0.1, 0.15) is 6.04 Å². The van der Waals surface area contributed by atoms with Crippen molar-refractivity contribution in [3.05, 3.63) is 0 Å². The second-order valence-electron chi connectivity index (χ2n) is 5.22. The normalized spacial score (nSPS) is 14.1. The van der Waals surface area contributed by atoms with E-state index in [4.69, 9.17) is 5.11 Å². The summed E-state index contributed by atoms with van der Waals surface area (Å²) in [7, 11) is 1.70. The lowest BCUT2D eigenvalue weighted by Crippen LogP contribution is -2.49. The lowest BCUT2D eigenvalue weighted by atomic mass is 10.0. The summed E-state index contributed by atoms with van der Waals surface area (Å²) in [4.78, 5) is 24.4. The molecule has 0 rings (SSSR count). The van der Waals surface area contributed by atoms with Gasteiger partial charge in [-0.15, -0.1) is 0 Å². The van der Waals surface area contributed by atoms with Gasteiger partial charge in [-0.05, 0) is 25.7 Å². The first-order chi connectivity index (χ1) is 8.29. The maximum atomic E-state index is 11.9. The van der Waals surface area contributed by atoms with E-state index in [0.717, 1.165) is 12.8 Å². The molecular weight excluding hydrogens is 232 g/mol. The van der Waals surface area contributed by atoms with Crippen LogP contribution in [0.2, 0.25) is 0 Å². The Bertz CT molecular complexity index is 279. The van der Waals surface area contributed by atoms with Gasteiger partial charge in [-0.1, -0.05) is 27.2 Å². The molecule has 0 radical (unpaired) electrons. The van der Waals surface area contributed by atoms with Crippen LogP contribution in [0.25, 0.3) is 0 Å². The van der Waals surface area contributed by atoms with Gasteiger partial charge in [0.2, 0.25) is 0 Å². The van der Waals surface area contributed by atoms with E-state index >= 15 is 0 Å². The summed E-state index contributed by atoms with van der Waals surface area (Å²) < 4.78 is 0. The van der Waals surface area contributed by atoms with E-state index < -0.39 is 12.0 Å². The summed E-state index contributed by atoms with van der Waals surface area (Å²) in [5.41, 5.74) is 0. The fourth-order valence-corrected chi connectivity index (χ4v) is 1.84. The quantitative estimate of drug-likeness (QED) is 0.736. The molecule has 18 heavy (non-hydrogen) atoms. The number of nitrogens with one attached hydrogen (secondary N) is 1. The first-order valence-electron chi connectivity index (χ1n) is 6.55. The molecule has 0 aromatic carbocycles. The summed E-state index contributed by atoms with van der Waals surface area (Å²) in [5.74, 6) is -0.476. The SMILES string of the molecule is CCCC(NC(=O)N(C)C(C)CC(C)C)C(=O)O. The molecule has 5 nitrogen and oxygen atoms in total. The molecule has 2 amide bonds. The van der Waals surface area contributed by atoms with Crippen molar-refractivity contribution in [2.45, 2.75) is 59.0 Å². The Hall–Kier alpha value is -1.26. The lowest BCUT2D eigenvalue weighted by Gasteiger charge is -2.28. The summed E-state index contributed by atoms with van der Waals surface area (Å²) in [6, 6.07) is -1.01. The number of carboxylic acids is 1. The van der Waals surface area contributed by atoms with Crippen LogP contribution in [0.3, 0.4) is 0 Å². The Morgan fingerprint density at radius 2 is 1.83 bits per heavy atom. The van der Waals surface area contributed by atoms with Crippen LogP contribution in [0, 0.1) is 5.92 Å². The molecule has 0 heterocycles. The molecule has 0 spiro atoms. The molecule has 0 saturated heterocycles. The smallest absolute Gasteiger partial charge is 0.326 e. The third-order valence-corrected chi connectivity index (χ3v) is 2.97. The molecule has 0 saturated carbocycles. The molecule has 0 aliphatic rings. The van der Waals surface area contributed by atoms with Gasteiger partial charge in [-0.25, -0.2) is 9.59 Å². The molecule has 0 aromatic heterocycles. The van der Waals surface area contributed by atoms with Crippen molar-refractivity contribution in [1.82, 2.24) is 10.2 Å². The number of carbonyl (C=O) groups is 2. The zero-order valence-electron chi connectivity index (χ0n) is 12.1. The van der Waals surface area contributed by atoms with Gasteiger partial charge in [0.05, 0.1) is 0 Å². The van der Waals surface area contributed by atoms with Crippen LogP contribution in [0.15, 0.2) is 0 Å². The molecule has 2 N–H and O–H groups in total. The van der Waals surface area contributed by atoms with Crippen LogP contribution in [0.1, 0.15) is 47.0 Å². The van der Waals surface area contributed by atoms with Crippen molar-refractivity contribution in [3.8, 4) is 0 Å². The topological polar surface area (TPSA) is 69.6 Å². The van der Waals surface area contributed by atoms with E-state index in [1.807, 2.05) is 13.8 Å².